The minimum atomic E-state index is -0.226. The van der Waals surface area contributed by atoms with Crippen molar-refractivity contribution in [3.05, 3.63) is 119 Å². The van der Waals surface area contributed by atoms with Gasteiger partial charge in [-0.3, -0.25) is 14.8 Å². The van der Waals surface area contributed by atoms with Crippen LogP contribution in [0, 0.1) is 0 Å². The van der Waals surface area contributed by atoms with Gasteiger partial charge in [-0.15, -0.1) is 0 Å². The van der Waals surface area contributed by atoms with Crippen molar-refractivity contribution in [2.75, 3.05) is 5.32 Å². The molecule has 0 aliphatic heterocycles. The van der Waals surface area contributed by atoms with E-state index < -0.39 is 0 Å². The van der Waals surface area contributed by atoms with Crippen LogP contribution in [0.5, 0.6) is 5.75 Å². The maximum absolute atomic E-state index is 12.4. The molecule has 0 bridgehead atoms. The summed E-state index contributed by atoms with van der Waals surface area (Å²) in [7, 11) is 0. The van der Waals surface area contributed by atoms with Gasteiger partial charge in [-0.05, 0) is 102 Å². The van der Waals surface area contributed by atoms with Gasteiger partial charge in [0.1, 0.15) is 5.75 Å². The van der Waals surface area contributed by atoms with E-state index in [0.29, 0.717) is 10.6 Å². The third-order valence-electron chi connectivity index (χ3n) is 6.73. The van der Waals surface area contributed by atoms with Crippen molar-refractivity contribution in [2.24, 2.45) is 4.99 Å². The molecule has 5 rings (SSSR count). The highest BCUT2D eigenvalue weighted by Crippen LogP contribution is 2.33. The zero-order valence-corrected chi connectivity index (χ0v) is 22.9. The molecule has 0 saturated carbocycles. The second kappa shape index (κ2) is 12.0. The molecule has 0 fully saturated rings. The van der Waals surface area contributed by atoms with E-state index in [0.717, 1.165) is 45.5 Å². The predicted molar refractivity (Wildman–Crippen MR) is 163 cm³/mol. The number of nitrogens with one attached hydrogen (secondary N) is 1. The number of aliphatic imine (C=N–C) groups is 1. The van der Waals surface area contributed by atoms with Crippen molar-refractivity contribution in [2.45, 2.75) is 26.2 Å². The van der Waals surface area contributed by atoms with Gasteiger partial charge < -0.3 is 14.8 Å². The first kappa shape index (κ1) is 26.9. The number of benzene rings is 3. The molecule has 1 atom stereocenters. The van der Waals surface area contributed by atoms with E-state index in [2.05, 4.69) is 29.1 Å². The Kier molecular flexibility index (Phi) is 8.08. The number of halogens is 1. The number of nitrogens with zero attached hydrogens (tertiary/aromatic N) is 2. The van der Waals surface area contributed by atoms with Gasteiger partial charge in [-0.2, -0.15) is 0 Å². The predicted octanol–water partition coefficient (Wildman–Crippen LogP) is 9.09. The van der Waals surface area contributed by atoms with Crippen LogP contribution in [-0.4, -0.2) is 22.1 Å². The van der Waals surface area contributed by atoms with E-state index in [1.165, 1.54) is 12.3 Å². The summed E-state index contributed by atoms with van der Waals surface area (Å²) < 4.78 is 5.18. The monoisotopic (exact) mass is 549 g/mol. The number of hydrogen-bond donors (Lipinski definition) is 2. The molecule has 0 spiro atoms. The minimum absolute atomic E-state index is 0.131. The number of anilines is 2. The van der Waals surface area contributed by atoms with Crippen molar-refractivity contribution < 1.29 is 14.3 Å². The van der Waals surface area contributed by atoms with E-state index >= 15 is 0 Å². The third kappa shape index (κ3) is 6.14. The Labute approximate surface area is 237 Å². The van der Waals surface area contributed by atoms with Crippen LogP contribution in [0.4, 0.5) is 17.1 Å². The maximum atomic E-state index is 12.4. The number of carbonyl (C=O) groups excluding carboxylic acids is 1. The van der Waals surface area contributed by atoms with Crippen molar-refractivity contribution in [3.63, 3.8) is 0 Å². The van der Waals surface area contributed by atoms with Crippen LogP contribution in [0.15, 0.2) is 101 Å². The van der Waals surface area contributed by atoms with Gasteiger partial charge in [-0.25, -0.2) is 0 Å². The number of ketones is 1. The summed E-state index contributed by atoms with van der Waals surface area (Å²) in [5.74, 6) is 0.372. The number of rotatable bonds is 9. The lowest BCUT2D eigenvalue weighted by Crippen LogP contribution is -1.97. The summed E-state index contributed by atoms with van der Waals surface area (Å²) >= 11 is 6.11. The number of furan rings is 1. The van der Waals surface area contributed by atoms with Crippen LogP contribution in [0.3, 0.4) is 0 Å². The van der Waals surface area contributed by atoms with Gasteiger partial charge in [0, 0.05) is 39.8 Å². The molecule has 1 unspecified atom stereocenters. The first-order valence-corrected chi connectivity index (χ1v) is 13.4. The van der Waals surface area contributed by atoms with Gasteiger partial charge in [0.15, 0.2) is 5.76 Å². The first-order chi connectivity index (χ1) is 19.4. The highest BCUT2D eigenvalue weighted by molar-refractivity contribution is 6.31. The SMILES string of the molecule is CCC(C)c1cc(/C=C/C(=O)c2ccco2)cc(C=Nc2ccc(Nc3ccnc4cc(Cl)ccc34)cc2)c1O. The fourth-order valence-electron chi connectivity index (χ4n) is 4.33. The number of aromatic hydroxyl groups is 1. The number of hydrogen-bond acceptors (Lipinski definition) is 6. The van der Waals surface area contributed by atoms with Crippen molar-refractivity contribution in [1.82, 2.24) is 4.98 Å². The molecule has 0 saturated heterocycles. The van der Waals surface area contributed by atoms with Crippen LogP contribution in [0.1, 0.15) is 53.4 Å². The lowest BCUT2D eigenvalue weighted by molar-refractivity contribution is 0.102. The lowest BCUT2D eigenvalue weighted by atomic mass is 9.93. The number of fused-ring (bicyclic) bond motifs is 1. The van der Waals surface area contributed by atoms with Gasteiger partial charge in [0.25, 0.3) is 0 Å². The number of pyridine rings is 1. The Morgan fingerprint density at radius 1 is 1.12 bits per heavy atom. The Morgan fingerprint density at radius 2 is 1.95 bits per heavy atom. The van der Waals surface area contributed by atoms with Gasteiger partial charge in [0.2, 0.25) is 5.78 Å². The molecule has 5 aromatic rings. The Balaban J connectivity index is 1.37. The lowest BCUT2D eigenvalue weighted by Gasteiger charge is -2.14. The number of aromatic nitrogens is 1. The Hall–Kier alpha value is -4.68. The van der Waals surface area contributed by atoms with Crippen LogP contribution >= 0.6 is 11.6 Å². The molecule has 0 radical (unpaired) electrons. The normalized spacial score (nSPS) is 12.4. The molecule has 6 nitrogen and oxygen atoms in total. The fraction of sp³-hybridized carbons (Fsp3) is 0.121. The first-order valence-electron chi connectivity index (χ1n) is 13.0. The van der Waals surface area contributed by atoms with Gasteiger partial charge in [-0.1, -0.05) is 31.5 Å². The summed E-state index contributed by atoms with van der Waals surface area (Å²) in [6.45, 7) is 4.13. The second-order valence-corrected chi connectivity index (χ2v) is 9.92. The number of allylic oxidation sites excluding steroid dienone is 1. The average molecular weight is 550 g/mol. The molecule has 2 aromatic heterocycles. The fourth-order valence-corrected chi connectivity index (χ4v) is 4.49. The van der Waals surface area contributed by atoms with Gasteiger partial charge in [0.05, 0.1) is 17.5 Å². The van der Waals surface area contributed by atoms with Crippen LogP contribution in [0.25, 0.3) is 17.0 Å². The summed E-state index contributed by atoms with van der Waals surface area (Å²) in [4.78, 5) is 21.4. The second-order valence-electron chi connectivity index (χ2n) is 9.48. The van der Waals surface area contributed by atoms with E-state index in [9.17, 15) is 9.90 Å². The van der Waals surface area contributed by atoms with Gasteiger partial charge >= 0.3 is 0 Å². The molecule has 3 aromatic carbocycles. The maximum Gasteiger partial charge on any atom is 0.221 e. The molecule has 0 amide bonds. The molecule has 7 heteroatoms. The molecule has 2 N–H and O–H groups in total. The van der Waals surface area contributed by atoms with Crippen molar-refractivity contribution >= 4 is 57.6 Å². The molecule has 40 heavy (non-hydrogen) atoms. The van der Waals surface area contributed by atoms with Crippen LogP contribution in [-0.2, 0) is 0 Å². The highest BCUT2D eigenvalue weighted by atomic mass is 35.5. The summed E-state index contributed by atoms with van der Waals surface area (Å²) in [6, 6.07) is 22.3. The molecular weight excluding hydrogens is 522 g/mol. The number of carbonyl (C=O) groups is 1. The van der Waals surface area contributed by atoms with E-state index in [4.69, 9.17) is 16.0 Å². The van der Waals surface area contributed by atoms with Crippen LogP contribution < -0.4 is 5.32 Å². The van der Waals surface area contributed by atoms with E-state index in [1.807, 2.05) is 60.7 Å². The third-order valence-corrected chi connectivity index (χ3v) is 6.96. The minimum Gasteiger partial charge on any atom is -0.507 e. The molecule has 0 aliphatic carbocycles. The number of phenolic OH excluding ortho intramolecular Hbond substituents is 1. The quantitative estimate of drug-likeness (QED) is 0.109. The number of phenols is 1. The molecule has 0 aliphatic rings. The van der Waals surface area contributed by atoms with E-state index in [-0.39, 0.29) is 23.2 Å². The van der Waals surface area contributed by atoms with Crippen LogP contribution in [0.2, 0.25) is 5.02 Å². The highest BCUT2D eigenvalue weighted by Gasteiger charge is 2.14. The zero-order chi connectivity index (χ0) is 28.1. The van der Waals surface area contributed by atoms with Crippen molar-refractivity contribution in [3.8, 4) is 5.75 Å². The summed E-state index contributed by atoms with van der Waals surface area (Å²) in [5.41, 5.74) is 5.55. The summed E-state index contributed by atoms with van der Waals surface area (Å²) in [6.07, 6.45) is 8.92. The molecular formula is C33H28ClN3O3. The standard InChI is InChI=1S/C33H28ClN3O3/c1-3-21(2)28-18-22(6-13-31(38)32-5-4-16-40-32)17-23(33(28)39)20-36-25-8-10-26(11-9-25)37-29-14-15-35-30-19-24(34)7-12-27(29)30/h4-21,39H,3H2,1-2H3,(H,35,37)/b13-6+,36-20?. The zero-order valence-electron chi connectivity index (χ0n) is 22.1. The van der Waals surface area contributed by atoms with E-state index in [1.54, 1.807) is 30.6 Å². The average Bonchev–Trinajstić information content (AvgIpc) is 3.51. The Morgan fingerprint density at radius 3 is 2.70 bits per heavy atom. The Bertz CT molecular complexity index is 1710. The summed E-state index contributed by atoms with van der Waals surface area (Å²) in [5, 5.41) is 16.1. The largest absolute Gasteiger partial charge is 0.507 e. The van der Waals surface area contributed by atoms with Crippen molar-refractivity contribution in [1.29, 1.82) is 0 Å². The smallest absolute Gasteiger partial charge is 0.221 e. The topological polar surface area (TPSA) is 87.7 Å². The molecule has 2 heterocycles. The molecule has 200 valence electrons.